The Morgan fingerprint density at radius 2 is 1.44 bits per heavy atom. The zero-order chi connectivity index (χ0) is 11.9. The van der Waals surface area contributed by atoms with Crippen LogP contribution in [0.5, 0.6) is 0 Å². The minimum Gasteiger partial charge on any atom is -0.449 e. The normalized spacial score (nSPS) is 12.6. The molecule has 0 aromatic heterocycles. The maximum Gasteiger partial charge on any atom is 0.282 e. The smallest absolute Gasteiger partial charge is 0.282 e. The Bertz CT molecular complexity index is 112. The Labute approximate surface area is 109 Å². The summed E-state index contributed by atoms with van der Waals surface area (Å²) in [6.07, 6.45) is 12.9. The lowest BCUT2D eigenvalue weighted by Crippen LogP contribution is -2.06. The summed E-state index contributed by atoms with van der Waals surface area (Å²) in [6.45, 7) is 2.28. The van der Waals surface area contributed by atoms with Crippen LogP contribution >= 0.6 is 0 Å². The molecule has 0 heterocycles. The lowest BCUT2D eigenvalue weighted by molar-refractivity contribution is 0.498. The molecule has 0 atom stereocenters. The molecular formula is C11H30O2Si3. The predicted octanol–water partition coefficient (Wildman–Crippen LogP) is 1.33. The molecule has 0 saturated heterocycles. The van der Waals surface area contributed by atoms with Crippen molar-refractivity contribution in [2.45, 2.75) is 70.8 Å². The zero-order valence-electron chi connectivity index (χ0n) is 11.3. The number of hydrogen-bond donors (Lipinski definition) is 0. The predicted molar refractivity (Wildman–Crippen MR) is 81.2 cm³/mol. The third kappa shape index (κ3) is 14.6. The van der Waals surface area contributed by atoms with Gasteiger partial charge >= 0.3 is 0 Å². The van der Waals surface area contributed by atoms with Gasteiger partial charge in [-0.05, 0) is 6.04 Å². The Hall–Kier alpha value is 0.571. The van der Waals surface area contributed by atoms with Gasteiger partial charge in [-0.1, -0.05) is 64.7 Å². The maximum atomic E-state index is 5.55. The largest absolute Gasteiger partial charge is 0.449 e. The second kappa shape index (κ2) is 15.6. The molecule has 0 fully saturated rings. The monoisotopic (exact) mass is 278 g/mol. The molecule has 2 nitrogen and oxygen atoms in total. The molecule has 0 rings (SSSR count). The van der Waals surface area contributed by atoms with Gasteiger partial charge in [0.1, 0.15) is 20.2 Å². The van der Waals surface area contributed by atoms with Crippen LogP contribution in [0.25, 0.3) is 0 Å². The van der Waals surface area contributed by atoms with E-state index in [1.165, 1.54) is 63.8 Å². The lowest BCUT2D eigenvalue weighted by Gasteiger charge is -2.03. The Balaban J connectivity index is 2.83. The van der Waals surface area contributed by atoms with Crippen LogP contribution in [0.2, 0.25) is 6.04 Å². The van der Waals surface area contributed by atoms with Gasteiger partial charge in [0.25, 0.3) is 10.0 Å². The van der Waals surface area contributed by atoms with E-state index in [0.29, 0.717) is 0 Å². The fourth-order valence-corrected chi connectivity index (χ4v) is 5.85. The van der Waals surface area contributed by atoms with Crippen molar-refractivity contribution in [3.8, 4) is 0 Å². The van der Waals surface area contributed by atoms with Gasteiger partial charge in [0.2, 0.25) is 0 Å². The van der Waals surface area contributed by atoms with Crippen molar-refractivity contribution in [3.05, 3.63) is 0 Å². The fraction of sp³-hybridized carbons (Fsp3) is 1.00. The number of hydrogen-bond acceptors (Lipinski definition) is 2. The molecule has 0 saturated carbocycles. The van der Waals surface area contributed by atoms with E-state index in [1.807, 2.05) is 0 Å². The highest BCUT2D eigenvalue weighted by Gasteiger charge is 1.93. The molecule has 5 heteroatoms. The molecular weight excluding hydrogens is 248 g/mol. The van der Waals surface area contributed by atoms with Crippen molar-refractivity contribution >= 4 is 30.3 Å². The van der Waals surface area contributed by atoms with Gasteiger partial charge in [0.05, 0.1) is 0 Å². The van der Waals surface area contributed by atoms with Crippen LogP contribution < -0.4 is 0 Å². The molecule has 0 aromatic carbocycles. The molecule has 0 N–H and O–H groups in total. The van der Waals surface area contributed by atoms with Crippen molar-refractivity contribution in [2.75, 3.05) is 0 Å². The van der Waals surface area contributed by atoms with Crippen molar-refractivity contribution in [1.29, 1.82) is 0 Å². The molecule has 98 valence electrons. The SMILES string of the molecule is CCCCCCCCCCC[SiH2]O[SiH2]O[SiH3]. The van der Waals surface area contributed by atoms with E-state index in [0.717, 1.165) is 10.5 Å². The topological polar surface area (TPSA) is 18.5 Å². The molecule has 0 aromatic rings. The summed E-state index contributed by atoms with van der Waals surface area (Å²) in [5.74, 6) is 0. The lowest BCUT2D eigenvalue weighted by atomic mass is 10.1. The van der Waals surface area contributed by atoms with Crippen molar-refractivity contribution in [2.24, 2.45) is 0 Å². The number of rotatable bonds is 13. The molecule has 0 spiro atoms. The highest BCUT2D eigenvalue weighted by atomic mass is 28.3. The van der Waals surface area contributed by atoms with Crippen LogP contribution in [0.15, 0.2) is 0 Å². The van der Waals surface area contributed by atoms with E-state index in [-0.39, 0.29) is 9.76 Å². The van der Waals surface area contributed by atoms with Gasteiger partial charge < -0.3 is 8.23 Å². The van der Waals surface area contributed by atoms with Gasteiger partial charge in [0.15, 0.2) is 0 Å². The van der Waals surface area contributed by atoms with E-state index in [2.05, 4.69) is 6.92 Å². The highest BCUT2D eigenvalue weighted by molar-refractivity contribution is 6.41. The summed E-state index contributed by atoms with van der Waals surface area (Å²) in [5.41, 5.74) is 0. The van der Waals surface area contributed by atoms with Crippen LogP contribution in [0.4, 0.5) is 0 Å². The summed E-state index contributed by atoms with van der Waals surface area (Å²) < 4.78 is 10.7. The first kappa shape index (κ1) is 16.6. The van der Waals surface area contributed by atoms with Crippen molar-refractivity contribution < 1.29 is 8.23 Å². The number of unbranched alkanes of at least 4 members (excludes halogenated alkanes) is 8. The molecule has 0 aliphatic rings. The Morgan fingerprint density at radius 1 is 0.875 bits per heavy atom. The average Bonchev–Trinajstić information content (AvgIpc) is 2.31. The quantitative estimate of drug-likeness (QED) is 0.374. The molecule has 0 unspecified atom stereocenters. The van der Waals surface area contributed by atoms with Crippen LogP contribution in [0.1, 0.15) is 64.7 Å². The van der Waals surface area contributed by atoms with Gasteiger partial charge in [0, 0.05) is 0 Å². The van der Waals surface area contributed by atoms with Crippen LogP contribution in [0.3, 0.4) is 0 Å². The van der Waals surface area contributed by atoms with Gasteiger partial charge in [-0.2, -0.15) is 0 Å². The standard InChI is InChI=1S/C11H30O2Si3/c1-2-3-4-5-6-7-8-9-10-11-15-13-16-12-14/h2-11,15-16H2,1,14H3. The minimum atomic E-state index is -0.511. The first-order valence-electron chi connectivity index (χ1n) is 6.98. The van der Waals surface area contributed by atoms with E-state index in [4.69, 9.17) is 8.23 Å². The summed E-state index contributed by atoms with van der Waals surface area (Å²) in [7, 11) is 0.167. The first-order chi connectivity index (χ1) is 7.91. The minimum absolute atomic E-state index is 0.192. The van der Waals surface area contributed by atoms with Crippen molar-refractivity contribution in [1.82, 2.24) is 0 Å². The van der Waals surface area contributed by atoms with Gasteiger partial charge in [-0.15, -0.1) is 0 Å². The summed E-state index contributed by atoms with van der Waals surface area (Å²) in [4.78, 5) is 0. The second-order valence-electron chi connectivity index (χ2n) is 4.50. The first-order valence-corrected chi connectivity index (χ1v) is 10.5. The highest BCUT2D eigenvalue weighted by Crippen LogP contribution is 2.10. The fourth-order valence-electron chi connectivity index (χ4n) is 1.83. The van der Waals surface area contributed by atoms with Crippen LogP contribution in [0, 0.1) is 0 Å². The molecule has 0 bridgehead atoms. The van der Waals surface area contributed by atoms with Crippen LogP contribution in [-0.2, 0) is 8.23 Å². The maximum absolute atomic E-state index is 5.55. The molecule has 0 aliphatic carbocycles. The Morgan fingerprint density at radius 3 is 2.00 bits per heavy atom. The van der Waals surface area contributed by atoms with Crippen molar-refractivity contribution in [3.63, 3.8) is 0 Å². The van der Waals surface area contributed by atoms with Gasteiger partial charge in [-0.3, -0.25) is 0 Å². The average molecular weight is 279 g/mol. The third-order valence-electron chi connectivity index (χ3n) is 2.84. The van der Waals surface area contributed by atoms with Crippen LogP contribution in [-0.4, -0.2) is 30.3 Å². The van der Waals surface area contributed by atoms with E-state index >= 15 is 0 Å². The zero-order valence-corrected chi connectivity index (χ0v) is 16.1. The molecule has 0 aliphatic heterocycles. The van der Waals surface area contributed by atoms with E-state index in [1.54, 1.807) is 0 Å². The summed E-state index contributed by atoms with van der Waals surface area (Å²) >= 11 is 0. The third-order valence-corrected chi connectivity index (χ3v) is 6.40. The second-order valence-corrected chi connectivity index (χ2v) is 9.79. The molecule has 0 radical (unpaired) electrons. The van der Waals surface area contributed by atoms with Gasteiger partial charge in [-0.25, -0.2) is 0 Å². The Kier molecular flexibility index (Phi) is 16.1. The van der Waals surface area contributed by atoms with E-state index in [9.17, 15) is 0 Å². The summed E-state index contributed by atoms with van der Waals surface area (Å²) in [6, 6.07) is 1.37. The van der Waals surface area contributed by atoms with E-state index < -0.39 is 10.0 Å². The molecule has 16 heavy (non-hydrogen) atoms. The molecule has 0 amide bonds. The summed E-state index contributed by atoms with van der Waals surface area (Å²) in [5, 5.41) is 0.